The molecule has 138 valence electrons. The van der Waals surface area contributed by atoms with E-state index in [9.17, 15) is 24.6 Å². The molecular weight excluding hydrogens is 365 g/mol. The summed E-state index contributed by atoms with van der Waals surface area (Å²) in [6.07, 6.45) is 1.27. The highest BCUT2D eigenvalue weighted by Gasteiger charge is 2.12. The molecule has 0 aliphatic heterocycles. The lowest BCUT2D eigenvalue weighted by molar-refractivity contribution is -0.384. The minimum Gasteiger partial charge on any atom is -0.457 e. The van der Waals surface area contributed by atoms with E-state index in [1.54, 1.807) is 18.2 Å². The predicted molar refractivity (Wildman–Crippen MR) is 99.4 cm³/mol. The Bertz CT molecular complexity index is 1090. The number of rotatable bonds is 5. The van der Waals surface area contributed by atoms with Crippen molar-refractivity contribution in [1.29, 1.82) is 5.26 Å². The molecule has 7 nitrogen and oxygen atoms in total. The van der Waals surface area contributed by atoms with Gasteiger partial charge in [-0.3, -0.25) is 14.9 Å². The van der Waals surface area contributed by atoms with Crippen LogP contribution in [0.4, 0.5) is 15.8 Å². The number of halogens is 1. The number of nitrogens with zero attached hydrogens (tertiary/aromatic N) is 2. The number of anilines is 1. The van der Waals surface area contributed by atoms with Crippen LogP contribution in [0.15, 0.2) is 70.7 Å². The van der Waals surface area contributed by atoms with Gasteiger partial charge in [-0.15, -0.1) is 0 Å². The fourth-order valence-corrected chi connectivity index (χ4v) is 2.36. The summed E-state index contributed by atoms with van der Waals surface area (Å²) >= 11 is 0. The van der Waals surface area contributed by atoms with Gasteiger partial charge in [0, 0.05) is 29.5 Å². The van der Waals surface area contributed by atoms with Crippen LogP contribution in [0.25, 0.3) is 17.4 Å². The topological polar surface area (TPSA) is 109 Å². The normalized spacial score (nSPS) is 10.9. The van der Waals surface area contributed by atoms with E-state index in [4.69, 9.17) is 4.42 Å². The number of hydrogen-bond donors (Lipinski definition) is 1. The first-order valence-electron chi connectivity index (χ1n) is 7.99. The van der Waals surface area contributed by atoms with E-state index in [1.165, 1.54) is 54.6 Å². The zero-order valence-corrected chi connectivity index (χ0v) is 14.3. The summed E-state index contributed by atoms with van der Waals surface area (Å²) in [5.74, 6) is -0.414. The van der Waals surface area contributed by atoms with Crippen LogP contribution in [0, 0.1) is 27.3 Å². The van der Waals surface area contributed by atoms with Crippen LogP contribution < -0.4 is 5.32 Å². The molecule has 0 aliphatic carbocycles. The number of nitro benzene ring substituents is 1. The molecule has 1 amide bonds. The highest BCUT2D eigenvalue weighted by atomic mass is 19.1. The Morgan fingerprint density at radius 1 is 1.11 bits per heavy atom. The van der Waals surface area contributed by atoms with Gasteiger partial charge in [0.1, 0.15) is 29.0 Å². The summed E-state index contributed by atoms with van der Waals surface area (Å²) in [4.78, 5) is 22.4. The Labute approximate surface area is 158 Å². The SMILES string of the molecule is N#C/C(=C/c1ccc(-c2ccc([N+](=O)[O-])cc2)o1)C(=O)Nc1ccc(F)cc1. The van der Waals surface area contributed by atoms with Gasteiger partial charge in [0.05, 0.1) is 4.92 Å². The second-order valence-electron chi connectivity index (χ2n) is 5.64. The second kappa shape index (κ2) is 7.97. The van der Waals surface area contributed by atoms with Crippen molar-refractivity contribution in [2.24, 2.45) is 0 Å². The average molecular weight is 377 g/mol. The summed E-state index contributed by atoms with van der Waals surface area (Å²) in [7, 11) is 0. The van der Waals surface area contributed by atoms with Crippen LogP contribution in [0.2, 0.25) is 0 Å². The molecule has 0 unspecified atom stereocenters. The summed E-state index contributed by atoms with van der Waals surface area (Å²) in [6.45, 7) is 0. The van der Waals surface area contributed by atoms with Gasteiger partial charge in [-0.05, 0) is 48.5 Å². The third-order valence-electron chi connectivity index (χ3n) is 3.74. The van der Waals surface area contributed by atoms with E-state index in [0.29, 0.717) is 17.0 Å². The molecule has 2 aromatic carbocycles. The van der Waals surface area contributed by atoms with Crippen LogP contribution in [-0.2, 0) is 4.79 Å². The molecule has 3 rings (SSSR count). The van der Waals surface area contributed by atoms with Crippen molar-refractivity contribution in [3.63, 3.8) is 0 Å². The van der Waals surface area contributed by atoms with Gasteiger partial charge in [-0.1, -0.05) is 0 Å². The molecule has 1 aromatic heterocycles. The lowest BCUT2D eigenvalue weighted by Gasteiger charge is -2.03. The quantitative estimate of drug-likeness (QED) is 0.304. The molecule has 0 radical (unpaired) electrons. The zero-order valence-electron chi connectivity index (χ0n) is 14.3. The van der Waals surface area contributed by atoms with Crippen molar-refractivity contribution >= 4 is 23.4 Å². The Kier molecular flexibility index (Phi) is 5.28. The first kappa shape index (κ1) is 18.5. The standard InChI is InChI=1S/C20H12FN3O4/c21-15-3-5-16(6-4-15)23-20(25)14(12-22)11-18-9-10-19(28-18)13-1-7-17(8-2-13)24(26)27/h1-11H,(H,23,25)/b14-11-. The molecule has 0 saturated heterocycles. The molecule has 0 aliphatic rings. The van der Waals surface area contributed by atoms with Gasteiger partial charge in [0.25, 0.3) is 11.6 Å². The maximum absolute atomic E-state index is 12.9. The summed E-state index contributed by atoms with van der Waals surface area (Å²) < 4.78 is 18.5. The molecule has 0 fully saturated rings. The van der Waals surface area contributed by atoms with E-state index in [1.807, 2.05) is 0 Å². The molecule has 3 aromatic rings. The first-order valence-corrected chi connectivity index (χ1v) is 7.99. The van der Waals surface area contributed by atoms with Gasteiger partial charge in [0.2, 0.25) is 0 Å². The molecular formula is C20H12FN3O4. The first-order chi connectivity index (χ1) is 13.5. The lowest BCUT2D eigenvalue weighted by atomic mass is 10.1. The Morgan fingerprint density at radius 2 is 1.79 bits per heavy atom. The Morgan fingerprint density at radius 3 is 2.39 bits per heavy atom. The summed E-state index contributed by atoms with van der Waals surface area (Å²) in [5.41, 5.74) is 0.715. The van der Waals surface area contributed by atoms with Gasteiger partial charge in [-0.25, -0.2) is 4.39 Å². The molecule has 0 saturated carbocycles. The van der Waals surface area contributed by atoms with E-state index in [0.717, 1.165) is 0 Å². The van der Waals surface area contributed by atoms with Crippen molar-refractivity contribution in [3.8, 4) is 17.4 Å². The Balaban J connectivity index is 1.78. The fourth-order valence-electron chi connectivity index (χ4n) is 2.36. The third kappa shape index (κ3) is 4.28. The van der Waals surface area contributed by atoms with Crippen LogP contribution >= 0.6 is 0 Å². The molecule has 1 heterocycles. The van der Waals surface area contributed by atoms with Crippen LogP contribution in [0.1, 0.15) is 5.76 Å². The number of carbonyl (C=O) groups is 1. The lowest BCUT2D eigenvalue weighted by Crippen LogP contribution is -2.13. The number of benzene rings is 2. The van der Waals surface area contributed by atoms with E-state index in [-0.39, 0.29) is 17.0 Å². The average Bonchev–Trinajstić information content (AvgIpc) is 3.16. The summed E-state index contributed by atoms with van der Waals surface area (Å²) in [5, 5.41) is 22.4. The number of non-ortho nitro benzene ring substituents is 1. The maximum Gasteiger partial charge on any atom is 0.269 e. The minimum absolute atomic E-state index is 0.0420. The molecule has 8 heteroatoms. The number of carbonyl (C=O) groups excluding carboxylic acids is 1. The molecule has 0 bridgehead atoms. The molecule has 0 atom stereocenters. The molecule has 1 N–H and O–H groups in total. The largest absolute Gasteiger partial charge is 0.457 e. The van der Waals surface area contributed by atoms with Crippen LogP contribution in [0.3, 0.4) is 0 Å². The Hall–Kier alpha value is -4.25. The van der Waals surface area contributed by atoms with Gasteiger partial charge < -0.3 is 9.73 Å². The number of furan rings is 1. The van der Waals surface area contributed by atoms with Crippen LogP contribution in [-0.4, -0.2) is 10.8 Å². The second-order valence-corrected chi connectivity index (χ2v) is 5.64. The smallest absolute Gasteiger partial charge is 0.269 e. The van der Waals surface area contributed by atoms with E-state index >= 15 is 0 Å². The van der Waals surface area contributed by atoms with Crippen molar-refractivity contribution in [1.82, 2.24) is 0 Å². The number of nitrogens with one attached hydrogen (secondary N) is 1. The number of hydrogen-bond acceptors (Lipinski definition) is 5. The van der Waals surface area contributed by atoms with Gasteiger partial charge in [-0.2, -0.15) is 5.26 Å². The van der Waals surface area contributed by atoms with Crippen molar-refractivity contribution < 1.29 is 18.5 Å². The number of amides is 1. The molecule has 28 heavy (non-hydrogen) atoms. The van der Waals surface area contributed by atoms with E-state index in [2.05, 4.69) is 5.32 Å². The fraction of sp³-hybridized carbons (Fsp3) is 0. The van der Waals surface area contributed by atoms with Crippen molar-refractivity contribution in [2.75, 3.05) is 5.32 Å². The van der Waals surface area contributed by atoms with Crippen molar-refractivity contribution in [2.45, 2.75) is 0 Å². The van der Waals surface area contributed by atoms with Gasteiger partial charge >= 0.3 is 0 Å². The molecule has 0 spiro atoms. The highest BCUT2D eigenvalue weighted by molar-refractivity contribution is 6.09. The monoisotopic (exact) mass is 377 g/mol. The minimum atomic E-state index is -0.664. The summed E-state index contributed by atoms with van der Waals surface area (Å²) in [6, 6.07) is 15.9. The van der Waals surface area contributed by atoms with Crippen LogP contribution in [0.5, 0.6) is 0 Å². The zero-order chi connectivity index (χ0) is 20.1. The third-order valence-corrected chi connectivity index (χ3v) is 3.74. The number of nitriles is 1. The maximum atomic E-state index is 12.9. The highest BCUT2D eigenvalue weighted by Crippen LogP contribution is 2.25. The van der Waals surface area contributed by atoms with E-state index < -0.39 is 16.6 Å². The number of nitro groups is 1. The van der Waals surface area contributed by atoms with Gasteiger partial charge in [0.15, 0.2) is 0 Å². The van der Waals surface area contributed by atoms with Crippen molar-refractivity contribution in [3.05, 3.63) is 87.9 Å². The predicted octanol–water partition coefficient (Wildman–Crippen LogP) is 4.54.